The molecule has 6 aromatic carbocycles. The largest absolute Gasteiger partial charge is 0.493 e. The van der Waals surface area contributed by atoms with Crippen LogP contribution in [-0.4, -0.2) is 191 Å². The summed E-state index contributed by atoms with van der Waals surface area (Å²) in [6.45, 7) is 18.1. The number of halogens is 2. The first-order chi connectivity index (χ1) is 60.1. The number of likely N-dealkylation sites (tertiary alicyclic amines) is 1. The number of fused-ring (bicyclic) bond motifs is 4. The van der Waals surface area contributed by atoms with E-state index in [0.717, 1.165) is 136 Å². The number of nitro benzene ring substituents is 2. The van der Waals surface area contributed by atoms with E-state index >= 15 is 0 Å². The molecular formula is C91H97Cl2N13O17S3. The molecule has 4 aromatic heterocycles. The number of ether oxygens (including phenoxy) is 4. The summed E-state index contributed by atoms with van der Waals surface area (Å²) in [6, 6.07) is 37.5. The molecule has 35 heteroatoms. The van der Waals surface area contributed by atoms with Crippen LogP contribution >= 0.6 is 23.2 Å². The smallest absolute Gasteiger partial charge is 0.277 e. The van der Waals surface area contributed by atoms with E-state index < -0.39 is 78.6 Å². The predicted octanol–water partition coefficient (Wildman–Crippen LogP) is 15.4. The van der Waals surface area contributed by atoms with Gasteiger partial charge in [-0.05, 0) is 164 Å². The lowest BCUT2D eigenvalue weighted by atomic mass is 9.72. The first-order valence-electron chi connectivity index (χ1n) is 41.9. The van der Waals surface area contributed by atoms with E-state index in [1.165, 1.54) is 64.0 Å². The monoisotopic (exact) mass is 1810 g/mol. The summed E-state index contributed by atoms with van der Waals surface area (Å²) >= 11 is 12.5. The number of hydrogen-bond acceptors (Lipinski definition) is 23. The summed E-state index contributed by atoms with van der Waals surface area (Å²) in [5, 5.41) is 27.4. The van der Waals surface area contributed by atoms with Crippen molar-refractivity contribution in [3.8, 4) is 34.5 Å². The highest BCUT2D eigenvalue weighted by Crippen LogP contribution is 2.47. The zero-order valence-electron chi connectivity index (χ0n) is 70.3. The second kappa shape index (κ2) is 36.1. The number of carbonyl (C=O) groups is 3. The molecule has 0 unspecified atom stereocenters. The molecule has 17 rings (SSSR count). The number of carbonyl (C=O) groups excluding carboxylic acids is 3. The van der Waals surface area contributed by atoms with Gasteiger partial charge < -0.3 is 43.6 Å². The third-order valence-electron chi connectivity index (χ3n) is 24.6. The minimum atomic E-state index is -4.71. The molecule has 0 saturated carbocycles. The Morgan fingerprint density at radius 2 is 0.984 bits per heavy atom. The zero-order chi connectivity index (χ0) is 88.7. The van der Waals surface area contributed by atoms with Crippen LogP contribution in [0.2, 0.25) is 10.0 Å². The lowest BCUT2D eigenvalue weighted by Gasteiger charge is -2.39. The van der Waals surface area contributed by atoms with E-state index in [4.69, 9.17) is 42.1 Å². The van der Waals surface area contributed by atoms with Crippen LogP contribution in [0, 0.1) is 42.9 Å². The fourth-order valence-electron chi connectivity index (χ4n) is 17.9. The molecule has 2 atom stereocenters. The van der Waals surface area contributed by atoms with Crippen molar-refractivity contribution in [3.05, 3.63) is 233 Å². The van der Waals surface area contributed by atoms with Crippen molar-refractivity contribution >= 4 is 127 Å². The van der Waals surface area contributed by atoms with Crippen LogP contribution in [0.4, 0.5) is 22.7 Å². The highest BCUT2D eigenvalue weighted by atomic mass is 35.5. The average molecular weight is 1810 g/mol. The molecule has 2 aliphatic carbocycles. The molecule has 126 heavy (non-hydrogen) atoms. The maximum absolute atomic E-state index is 14.0. The molecule has 0 spiro atoms. The van der Waals surface area contributed by atoms with Gasteiger partial charge in [-0.1, -0.05) is 86.3 Å². The van der Waals surface area contributed by atoms with Crippen LogP contribution in [0.3, 0.4) is 0 Å². The first-order valence-corrected chi connectivity index (χ1v) is 47.7. The number of sulfonamides is 2. The number of pyridine rings is 2. The second-order valence-electron chi connectivity index (χ2n) is 35.1. The maximum atomic E-state index is 14.0. The van der Waals surface area contributed by atoms with Gasteiger partial charge in [0, 0.05) is 184 Å². The highest BCUT2D eigenvalue weighted by Gasteiger charge is 2.39. The summed E-state index contributed by atoms with van der Waals surface area (Å²) in [4.78, 5) is 88.2. The maximum Gasteiger partial charge on any atom is 0.277 e. The number of nitro groups is 2. The Morgan fingerprint density at radius 3 is 1.40 bits per heavy atom. The summed E-state index contributed by atoms with van der Waals surface area (Å²) in [7, 11) is -12.8. The zero-order valence-corrected chi connectivity index (χ0v) is 74.3. The molecule has 5 aliphatic heterocycles. The number of nitrogens with zero attached hydrogens (tertiary/aromatic N) is 9. The van der Waals surface area contributed by atoms with E-state index in [1.807, 2.05) is 36.4 Å². The molecule has 30 nitrogen and oxygen atoms in total. The minimum absolute atomic E-state index is 0.00126. The van der Waals surface area contributed by atoms with Gasteiger partial charge >= 0.3 is 0 Å². The van der Waals surface area contributed by atoms with Gasteiger partial charge in [0.1, 0.15) is 55.6 Å². The Hall–Kier alpha value is -11.5. The van der Waals surface area contributed by atoms with Gasteiger partial charge in [0.2, 0.25) is 5.91 Å². The third-order valence-corrected chi connectivity index (χ3v) is 28.8. The van der Waals surface area contributed by atoms with Crippen LogP contribution in [0.15, 0.2) is 179 Å². The number of aromatic nitrogens is 4. The van der Waals surface area contributed by atoms with E-state index in [-0.39, 0.29) is 99.7 Å². The summed E-state index contributed by atoms with van der Waals surface area (Å²) < 4.78 is 108. The van der Waals surface area contributed by atoms with Crippen molar-refractivity contribution in [2.75, 3.05) is 114 Å². The minimum Gasteiger partial charge on any atom is -0.493 e. The molecule has 4 N–H and O–H groups in total. The van der Waals surface area contributed by atoms with Gasteiger partial charge in [0.15, 0.2) is 0 Å². The number of benzene rings is 6. The number of anilines is 2. The van der Waals surface area contributed by atoms with Gasteiger partial charge in [-0.3, -0.25) is 44.4 Å². The number of allylic oxidation sites excluding steroid dienone is 2. The molecule has 3 amide bonds. The highest BCUT2D eigenvalue weighted by molar-refractivity contribution is 7.91. The normalized spacial score (nSPS) is 18.7. The summed E-state index contributed by atoms with van der Waals surface area (Å²) in [6.07, 6.45) is 15.3. The number of H-pyrrole nitrogens is 2. The Balaban J connectivity index is 0.000000186. The summed E-state index contributed by atoms with van der Waals surface area (Å²) in [5.41, 5.74) is 10.6. The first kappa shape index (κ1) is 88.0. The van der Waals surface area contributed by atoms with Crippen LogP contribution in [0.25, 0.3) is 33.2 Å². The van der Waals surface area contributed by atoms with Crippen molar-refractivity contribution in [2.45, 2.75) is 102 Å². The quantitative estimate of drug-likeness (QED) is 0.0322. The molecule has 3 fully saturated rings. The molecule has 0 radical (unpaired) electrons. The molecule has 10 aromatic rings. The van der Waals surface area contributed by atoms with E-state index in [2.05, 4.69) is 101 Å². The summed E-state index contributed by atoms with van der Waals surface area (Å²) in [5.74, 6) is -2.17. The van der Waals surface area contributed by atoms with Crippen molar-refractivity contribution in [1.29, 1.82) is 0 Å². The van der Waals surface area contributed by atoms with Crippen molar-refractivity contribution in [3.63, 3.8) is 0 Å². The van der Waals surface area contributed by atoms with Crippen LogP contribution in [0.5, 0.6) is 34.5 Å². The number of hydrogen-bond donors (Lipinski definition) is 4. The average Bonchev–Trinajstić information content (AvgIpc) is 0.809. The van der Waals surface area contributed by atoms with E-state index in [0.29, 0.717) is 73.5 Å². The number of nitrogens with one attached hydrogen (secondary N) is 4. The third kappa shape index (κ3) is 20.5. The second-order valence-corrected chi connectivity index (χ2v) is 41.6. The van der Waals surface area contributed by atoms with E-state index in [9.17, 15) is 59.9 Å². The Morgan fingerprint density at radius 1 is 0.556 bits per heavy atom. The molecular weight excluding hydrogens is 1710 g/mol. The van der Waals surface area contributed by atoms with Crippen LogP contribution < -0.4 is 38.2 Å². The van der Waals surface area contributed by atoms with Gasteiger partial charge in [0.05, 0.1) is 73.3 Å². The van der Waals surface area contributed by atoms with Crippen LogP contribution in [-0.2, 0) is 47.5 Å². The standard InChI is InChI=1S/C47H50ClN7O8S.C44H47ClN6O9S2/c1-47(2)13-11-33(40(25-47)31-5-7-34(48)8-6-31)28-52-16-18-53(19-17-52)35-9-10-38(43(22-35)63-36-21-32-12-14-49-45(32)50-26-36)46(57)51-64(60,61)37-23-41(55(58)59)39-20-30(29-62-42(39)24-37)27-54-15-3-4-44(54)56;1-44(2)12-10-31(38(23-44)29-4-6-32(45)7-5-29)25-49-14-16-50(17-15-49)33-8-9-36(41(20-33)60-34-19-30-11-13-46-42(30)47-24-34)43(52)48-62(57,58)35-21-39(51(53)54)37-18-28(27-61(3,55)56)26-59-40(37)22-35/h5-10,12,14,21-24,26,30H,3-4,11,13,15-20,25,27-29H2,1-2H3,(H,49,50)(H,51,57);4-9,11,13,19-22,24,28H,10,12,14-18,23,25-27H2,1-3H3,(H,46,47)(H,48,52)/t30-;28-/m11/s1. The molecule has 660 valence electrons. The Bertz CT molecular complexity index is 6360. The van der Waals surface area contributed by atoms with Gasteiger partial charge in [-0.15, -0.1) is 0 Å². The van der Waals surface area contributed by atoms with Crippen molar-refractivity contribution in [1.82, 2.24) is 44.1 Å². The van der Waals surface area contributed by atoms with Gasteiger partial charge in [0.25, 0.3) is 43.2 Å². The fraction of sp³-hybridized carbons (Fsp3) is 0.374. The molecule has 7 aliphatic rings. The topological polar surface area (TPSA) is 374 Å². The predicted molar refractivity (Wildman–Crippen MR) is 481 cm³/mol. The van der Waals surface area contributed by atoms with Crippen molar-refractivity contribution in [2.24, 2.45) is 22.7 Å². The van der Waals surface area contributed by atoms with Crippen LogP contribution in [0.1, 0.15) is 122 Å². The molecule has 9 heterocycles. The Labute approximate surface area is 739 Å². The lowest BCUT2D eigenvalue weighted by molar-refractivity contribution is -0.386. The number of aromatic amines is 2. The van der Waals surface area contributed by atoms with Gasteiger partial charge in [-0.2, -0.15) is 0 Å². The van der Waals surface area contributed by atoms with Gasteiger partial charge in [-0.25, -0.2) is 44.7 Å². The lowest BCUT2D eigenvalue weighted by Crippen LogP contribution is -2.47. The number of rotatable bonds is 24. The molecule has 0 bridgehead atoms. The fourth-order valence-corrected chi connectivity index (χ4v) is 21.2. The van der Waals surface area contributed by atoms with Crippen molar-refractivity contribution < 1.29 is 68.4 Å². The molecule has 3 saturated heterocycles. The number of piperazine rings is 2. The number of sulfone groups is 1. The number of amides is 3. The van der Waals surface area contributed by atoms with E-state index in [1.54, 1.807) is 53.7 Å². The SMILES string of the molecule is CC1(C)CCC(CN2CCN(c3ccc(C(=O)NS(=O)(=O)c4cc5c(c([N+](=O)[O-])c4)C[C@@H](CS(C)(=O)=O)CO5)c(Oc4cnc5[nH]ccc5c4)c3)CC2)=C(c2ccc(Cl)cc2)C1.CC1(C)CCC(CN2CCN(c3ccc(C(=O)NS(=O)(=O)c4cc5c(c([N+](=O)[O-])c4)C[C@H](CN4CCCC4=O)CO5)c(Oc4cnc5[nH]ccc5c4)c3)CC2)=C(c2ccc(Cl)cc2)C1. The Kier molecular flexibility index (Phi) is 25.2.